The van der Waals surface area contributed by atoms with Gasteiger partial charge in [-0.05, 0) is 18.1 Å². The third kappa shape index (κ3) is 2.04. The number of nitrogen functional groups attached to an aromatic ring is 1. The lowest BCUT2D eigenvalue weighted by molar-refractivity contribution is 0.650. The molecule has 0 aliphatic rings. The van der Waals surface area contributed by atoms with Gasteiger partial charge in [0.05, 0.1) is 24.1 Å². The van der Waals surface area contributed by atoms with E-state index in [0.717, 1.165) is 28.4 Å². The lowest BCUT2D eigenvalue weighted by Gasteiger charge is -2.08. The zero-order valence-corrected chi connectivity index (χ0v) is 9.91. The maximum atomic E-state index is 6.10. The van der Waals surface area contributed by atoms with Gasteiger partial charge in [-0.1, -0.05) is 36.7 Å². The largest absolute Gasteiger partial charge is 0.396 e. The highest BCUT2D eigenvalue weighted by atomic mass is 35.5. The van der Waals surface area contributed by atoms with Crippen molar-refractivity contribution in [1.29, 1.82) is 0 Å². The second-order valence-electron chi connectivity index (χ2n) is 3.65. The molecule has 2 aromatic rings. The van der Waals surface area contributed by atoms with E-state index in [9.17, 15) is 0 Å². The second-order valence-corrected chi connectivity index (χ2v) is 4.06. The molecule has 0 atom stereocenters. The highest BCUT2D eigenvalue weighted by molar-refractivity contribution is 6.31. The summed E-state index contributed by atoms with van der Waals surface area (Å²) in [6.07, 6.45) is 2.56. The number of hydrogen-bond acceptors (Lipinski definition) is 2. The molecule has 4 heteroatoms. The van der Waals surface area contributed by atoms with Crippen LogP contribution >= 0.6 is 11.6 Å². The van der Waals surface area contributed by atoms with Gasteiger partial charge in [0.15, 0.2) is 0 Å². The van der Waals surface area contributed by atoms with Crippen LogP contribution in [0.5, 0.6) is 0 Å². The molecule has 1 aromatic heterocycles. The van der Waals surface area contributed by atoms with E-state index in [1.54, 1.807) is 6.20 Å². The van der Waals surface area contributed by atoms with Crippen LogP contribution in [-0.2, 0) is 13.0 Å². The van der Waals surface area contributed by atoms with Gasteiger partial charge >= 0.3 is 0 Å². The fourth-order valence-corrected chi connectivity index (χ4v) is 1.93. The van der Waals surface area contributed by atoms with Crippen molar-refractivity contribution >= 4 is 17.3 Å². The van der Waals surface area contributed by atoms with Gasteiger partial charge in [-0.15, -0.1) is 0 Å². The summed E-state index contributed by atoms with van der Waals surface area (Å²) in [5.41, 5.74) is 8.69. The van der Waals surface area contributed by atoms with Crippen LogP contribution in [0.2, 0.25) is 5.02 Å². The molecule has 0 amide bonds. The molecule has 2 N–H and O–H groups in total. The first-order valence-electron chi connectivity index (χ1n) is 5.26. The predicted octanol–water partition coefficient (Wildman–Crippen LogP) is 2.73. The second kappa shape index (κ2) is 4.58. The van der Waals surface area contributed by atoms with E-state index in [1.165, 1.54) is 0 Å². The molecular formula is C12H14ClN3. The Morgan fingerprint density at radius 2 is 2.12 bits per heavy atom. The molecule has 0 aliphatic heterocycles. The van der Waals surface area contributed by atoms with E-state index in [2.05, 4.69) is 12.0 Å². The monoisotopic (exact) mass is 235 g/mol. The number of aromatic nitrogens is 2. The fraction of sp³-hybridized carbons (Fsp3) is 0.250. The lowest BCUT2D eigenvalue weighted by Crippen LogP contribution is -2.07. The standard InChI is InChI=1S/C12H14ClN3/c1-2-12-11(14)7-15-16(12)8-9-5-3-4-6-10(9)13/h3-7H,2,8,14H2,1H3. The molecule has 2 rings (SSSR count). The van der Waals surface area contributed by atoms with E-state index in [-0.39, 0.29) is 0 Å². The Hall–Kier alpha value is -1.48. The Bertz CT molecular complexity index is 491. The Morgan fingerprint density at radius 3 is 2.81 bits per heavy atom. The van der Waals surface area contributed by atoms with Gasteiger partial charge in [0, 0.05) is 5.02 Å². The molecule has 16 heavy (non-hydrogen) atoms. The van der Waals surface area contributed by atoms with Crippen LogP contribution in [0.3, 0.4) is 0 Å². The fourth-order valence-electron chi connectivity index (χ4n) is 1.74. The molecule has 0 bridgehead atoms. The van der Waals surface area contributed by atoms with Crippen LogP contribution in [0.15, 0.2) is 30.5 Å². The number of nitrogens with zero attached hydrogens (tertiary/aromatic N) is 2. The van der Waals surface area contributed by atoms with Crippen LogP contribution in [0.4, 0.5) is 5.69 Å². The summed E-state index contributed by atoms with van der Waals surface area (Å²) in [6, 6.07) is 7.78. The van der Waals surface area contributed by atoms with Crippen molar-refractivity contribution in [1.82, 2.24) is 9.78 Å². The number of nitrogens with two attached hydrogens (primary N) is 1. The summed E-state index contributed by atoms with van der Waals surface area (Å²) in [6.45, 7) is 2.73. The van der Waals surface area contributed by atoms with E-state index in [4.69, 9.17) is 17.3 Å². The first-order chi connectivity index (χ1) is 7.72. The average molecular weight is 236 g/mol. The van der Waals surface area contributed by atoms with Crippen LogP contribution in [0, 0.1) is 0 Å². The van der Waals surface area contributed by atoms with Gasteiger partial charge in [0.25, 0.3) is 0 Å². The molecule has 0 fully saturated rings. The maximum Gasteiger partial charge on any atom is 0.0733 e. The third-order valence-electron chi connectivity index (χ3n) is 2.59. The Morgan fingerprint density at radius 1 is 1.38 bits per heavy atom. The molecule has 0 saturated heterocycles. The summed E-state index contributed by atoms with van der Waals surface area (Å²) in [5, 5.41) is 5.02. The number of benzene rings is 1. The Labute approximate surface area is 99.8 Å². The van der Waals surface area contributed by atoms with E-state index >= 15 is 0 Å². The van der Waals surface area contributed by atoms with Crippen molar-refractivity contribution in [2.24, 2.45) is 0 Å². The summed E-state index contributed by atoms with van der Waals surface area (Å²) in [7, 11) is 0. The van der Waals surface area contributed by atoms with Gasteiger partial charge in [0.1, 0.15) is 0 Å². The predicted molar refractivity (Wildman–Crippen MR) is 66.6 cm³/mol. The van der Waals surface area contributed by atoms with Gasteiger partial charge in [0.2, 0.25) is 0 Å². The molecule has 1 aromatic carbocycles. The van der Waals surface area contributed by atoms with Crippen LogP contribution < -0.4 is 5.73 Å². The SMILES string of the molecule is CCc1c(N)cnn1Cc1ccccc1Cl. The van der Waals surface area contributed by atoms with Crippen molar-refractivity contribution < 1.29 is 0 Å². The Balaban J connectivity index is 2.31. The van der Waals surface area contributed by atoms with Gasteiger partial charge in [-0.3, -0.25) is 4.68 Å². The Kier molecular flexibility index (Phi) is 3.15. The van der Waals surface area contributed by atoms with Crippen LogP contribution in [0.1, 0.15) is 18.2 Å². The number of hydrogen-bond donors (Lipinski definition) is 1. The molecule has 0 aliphatic carbocycles. The maximum absolute atomic E-state index is 6.10. The van der Waals surface area contributed by atoms with E-state index < -0.39 is 0 Å². The first-order valence-corrected chi connectivity index (χ1v) is 5.63. The molecule has 1 heterocycles. The minimum Gasteiger partial charge on any atom is -0.396 e. The van der Waals surface area contributed by atoms with Gasteiger partial charge < -0.3 is 5.73 Å². The zero-order chi connectivity index (χ0) is 11.5. The topological polar surface area (TPSA) is 43.8 Å². The molecule has 3 nitrogen and oxygen atoms in total. The number of rotatable bonds is 3. The van der Waals surface area contributed by atoms with E-state index in [0.29, 0.717) is 6.54 Å². The molecular weight excluding hydrogens is 222 g/mol. The molecule has 0 spiro atoms. The quantitative estimate of drug-likeness (QED) is 0.889. The average Bonchev–Trinajstić information content (AvgIpc) is 2.63. The van der Waals surface area contributed by atoms with Crippen molar-refractivity contribution in [3.8, 4) is 0 Å². The number of halogens is 1. The summed E-state index contributed by atoms with van der Waals surface area (Å²) < 4.78 is 1.90. The molecule has 84 valence electrons. The van der Waals surface area contributed by atoms with Crippen molar-refractivity contribution in [3.05, 3.63) is 46.7 Å². The minimum absolute atomic E-state index is 0.667. The molecule has 0 radical (unpaired) electrons. The summed E-state index contributed by atoms with van der Waals surface area (Å²) >= 11 is 6.10. The summed E-state index contributed by atoms with van der Waals surface area (Å²) in [4.78, 5) is 0. The van der Waals surface area contributed by atoms with Gasteiger partial charge in [-0.2, -0.15) is 5.10 Å². The highest BCUT2D eigenvalue weighted by Gasteiger charge is 2.07. The lowest BCUT2D eigenvalue weighted by atomic mass is 10.2. The zero-order valence-electron chi connectivity index (χ0n) is 9.15. The van der Waals surface area contributed by atoms with Crippen LogP contribution in [-0.4, -0.2) is 9.78 Å². The third-order valence-corrected chi connectivity index (χ3v) is 2.96. The normalized spacial score (nSPS) is 10.6. The van der Waals surface area contributed by atoms with E-state index in [1.807, 2.05) is 28.9 Å². The van der Waals surface area contributed by atoms with Crippen molar-refractivity contribution in [3.63, 3.8) is 0 Å². The van der Waals surface area contributed by atoms with Crippen molar-refractivity contribution in [2.75, 3.05) is 5.73 Å². The molecule has 0 saturated carbocycles. The van der Waals surface area contributed by atoms with Crippen molar-refractivity contribution in [2.45, 2.75) is 19.9 Å². The first kappa shape index (κ1) is 11.0. The number of anilines is 1. The smallest absolute Gasteiger partial charge is 0.0733 e. The minimum atomic E-state index is 0.667. The van der Waals surface area contributed by atoms with Gasteiger partial charge in [-0.25, -0.2) is 0 Å². The molecule has 0 unspecified atom stereocenters. The summed E-state index contributed by atoms with van der Waals surface area (Å²) in [5.74, 6) is 0. The highest BCUT2D eigenvalue weighted by Crippen LogP contribution is 2.18. The van der Waals surface area contributed by atoms with Crippen LogP contribution in [0.25, 0.3) is 0 Å².